The number of carbonyl (C=O) groups excluding carboxylic acids is 2. The lowest BCUT2D eigenvalue weighted by atomic mass is 10.1. The van der Waals surface area contributed by atoms with Crippen LogP contribution >= 0.6 is 0 Å². The third-order valence-corrected chi connectivity index (χ3v) is 4.58. The molecule has 0 amide bonds. The second-order valence-electron chi connectivity index (χ2n) is 4.59. The predicted octanol–water partition coefficient (Wildman–Crippen LogP) is 0.788. The topological polar surface area (TPSA) is 134 Å². The van der Waals surface area contributed by atoms with Gasteiger partial charge in [0.25, 0.3) is 10.1 Å². The second kappa shape index (κ2) is 6.72. The highest BCUT2D eigenvalue weighted by molar-refractivity contribution is 7.87. The third kappa shape index (κ3) is 3.42. The minimum Gasteiger partial charge on any atom is -0.494 e. The van der Waals surface area contributed by atoms with Gasteiger partial charge in [-0.15, -0.1) is 0 Å². The van der Waals surface area contributed by atoms with E-state index in [2.05, 4.69) is 0 Å². The van der Waals surface area contributed by atoms with Gasteiger partial charge in [0.1, 0.15) is 6.29 Å². The number of carbonyl (C=O) groups is 2. The van der Waals surface area contributed by atoms with Crippen molar-refractivity contribution in [3.8, 4) is 11.8 Å². The molecule has 21 heavy (non-hydrogen) atoms. The van der Waals surface area contributed by atoms with E-state index < -0.39 is 26.7 Å². The minimum atomic E-state index is -4.93. The average molecular weight is 319 g/mol. The van der Waals surface area contributed by atoms with Crippen LogP contribution in [0.3, 0.4) is 0 Å². The normalized spacial score (nSPS) is 14.5. The van der Waals surface area contributed by atoms with Gasteiger partial charge in [-0.25, -0.2) is 0 Å². The van der Waals surface area contributed by atoms with E-state index in [4.69, 9.17) is 0 Å². The van der Waals surface area contributed by atoms with Gasteiger partial charge >= 0.3 is 0 Å². The van der Waals surface area contributed by atoms with Gasteiger partial charge in [-0.1, -0.05) is 6.42 Å². The van der Waals surface area contributed by atoms with Crippen LogP contribution in [0.5, 0.6) is 11.8 Å². The SMILES string of the molecule is O=CCCCCCC(C=O)(n1c(O)ccc1O)S(=O)(=O)O. The Kier molecular flexibility index (Phi) is 5.50. The fourth-order valence-electron chi connectivity index (χ4n) is 2.11. The van der Waals surface area contributed by atoms with Crippen LogP contribution in [0.1, 0.15) is 32.1 Å². The Bertz CT molecular complexity index is 588. The molecule has 0 aliphatic rings. The fraction of sp³-hybridized carbons (Fsp3) is 0.500. The first-order valence-electron chi connectivity index (χ1n) is 6.27. The van der Waals surface area contributed by atoms with Gasteiger partial charge < -0.3 is 15.0 Å². The Morgan fingerprint density at radius 2 is 1.67 bits per heavy atom. The van der Waals surface area contributed by atoms with Crippen LogP contribution in [0.4, 0.5) is 0 Å². The molecule has 0 radical (unpaired) electrons. The molecule has 0 aromatic carbocycles. The summed E-state index contributed by atoms with van der Waals surface area (Å²) in [6.07, 6.45) is 1.81. The third-order valence-electron chi connectivity index (χ3n) is 3.21. The van der Waals surface area contributed by atoms with Crippen LogP contribution in [0.15, 0.2) is 12.1 Å². The molecule has 0 aliphatic carbocycles. The molecule has 0 bridgehead atoms. The molecule has 1 rings (SSSR count). The van der Waals surface area contributed by atoms with Crippen molar-refractivity contribution in [3.63, 3.8) is 0 Å². The molecule has 9 heteroatoms. The average Bonchev–Trinajstić information content (AvgIpc) is 2.73. The van der Waals surface area contributed by atoms with E-state index in [1.54, 1.807) is 0 Å². The summed E-state index contributed by atoms with van der Waals surface area (Å²) in [7, 11) is -4.93. The van der Waals surface area contributed by atoms with Gasteiger partial charge in [0.15, 0.2) is 18.0 Å². The zero-order chi connectivity index (χ0) is 16.1. The van der Waals surface area contributed by atoms with Crippen molar-refractivity contribution in [1.82, 2.24) is 4.57 Å². The molecule has 3 N–H and O–H groups in total. The van der Waals surface area contributed by atoms with Gasteiger partial charge in [-0.05, 0) is 19.3 Å². The highest BCUT2D eigenvalue weighted by atomic mass is 32.2. The highest BCUT2D eigenvalue weighted by Crippen LogP contribution is 2.36. The number of hydrogen-bond donors (Lipinski definition) is 3. The number of nitrogens with zero attached hydrogens (tertiary/aromatic N) is 1. The van der Waals surface area contributed by atoms with Crippen LogP contribution in [-0.4, -0.2) is 40.3 Å². The molecular formula is C12H17NO7S. The zero-order valence-corrected chi connectivity index (χ0v) is 12.0. The largest absolute Gasteiger partial charge is 0.494 e. The van der Waals surface area contributed by atoms with Gasteiger partial charge in [-0.3, -0.25) is 13.9 Å². The lowest BCUT2D eigenvalue weighted by Crippen LogP contribution is -2.42. The first-order valence-corrected chi connectivity index (χ1v) is 7.71. The van der Waals surface area contributed by atoms with Crippen molar-refractivity contribution in [2.45, 2.75) is 37.0 Å². The van der Waals surface area contributed by atoms with Crippen LogP contribution in [0, 0.1) is 0 Å². The molecule has 1 aromatic heterocycles. The van der Waals surface area contributed by atoms with Crippen LogP contribution in [-0.2, 0) is 24.6 Å². The molecule has 1 atom stereocenters. The Morgan fingerprint density at radius 1 is 1.10 bits per heavy atom. The summed E-state index contributed by atoms with van der Waals surface area (Å²) < 4.78 is 33.1. The van der Waals surface area contributed by atoms with E-state index in [1.807, 2.05) is 0 Å². The maximum atomic E-state index is 11.6. The Balaban J connectivity index is 3.13. The van der Waals surface area contributed by atoms with Crippen molar-refractivity contribution in [1.29, 1.82) is 0 Å². The van der Waals surface area contributed by atoms with Crippen molar-refractivity contribution >= 4 is 22.7 Å². The smallest absolute Gasteiger partial charge is 0.297 e. The van der Waals surface area contributed by atoms with E-state index in [-0.39, 0.29) is 19.1 Å². The molecule has 0 saturated carbocycles. The van der Waals surface area contributed by atoms with E-state index in [0.717, 1.165) is 18.4 Å². The number of aromatic nitrogens is 1. The van der Waals surface area contributed by atoms with Crippen LogP contribution < -0.4 is 0 Å². The number of hydrogen-bond acceptors (Lipinski definition) is 6. The summed E-state index contributed by atoms with van der Waals surface area (Å²) in [5, 5.41) is 19.2. The summed E-state index contributed by atoms with van der Waals surface area (Å²) in [5.74, 6) is -1.32. The van der Waals surface area contributed by atoms with Crippen molar-refractivity contribution in [3.05, 3.63) is 12.1 Å². The molecule has 1 aromatic rings. The quantitative estimate of drug-likeness (QED) is 0.348. The molecule has 1 unspecified atom stereocenters. The molecule has 8 nitrogen and oxygen atoms in total. The Hall–Kier alpha value is -1.87. The zero-order valence-electron chi connectivity index (χ0n) is 11.2. The second-order valence-corrected chi connectivity index (χ2v) is 6.25. The van der Waals surface area contributed by atoms with E-state index in [9.17, 15) is 32.8 Å². The molecular weight excluding hydrogens is 302 g/mol. The van der Waals surface area contributed by atoms with Crippen LogP contribution in [0.25, 0.3) is 0 Å². The van der Waals surface area contributed by atoms with E-state index in [0.29, 0.717) is 23.8 Å². The Labute approximate surface area is 121 Å². The molecule has 0 saturated heterocycles. The molecule has 0 aliphatic heterocycles. The van der Waals surface area contributed by atoms with Gasteiger partial charge in [0.2, 0.25) is 4.87 Å². The lowest BCUT2D eigenvalue weighted by Gasteiger charge is -2.27. The maximum absolute atomic E-state index is 11.6. The number of rotatable bonds is 9. The number of aldehydes is 2. The summed E-state index contributed by atoms with van der Waals surface area (Å²) >= 11 is 0. The summed E-state index contributed by atoms with van der Waals surface area (Å²) in [6, 6.07) is 2.01. The lowest BCUT2D eigenvalue weighted by molar-refractivity contribution is -0.113. The highest BCUT2D eigenvalue weighted by Gasteiger charge is 2.47. The summed E-state index contributed by atoms with van der Waals surface area (Å²) in [4.78, 5) is 19.1. The maximum Gasteiger partial charge on any atom is 0.297 e. The molecule has 0 fully saturated rings. The predicted molar refractivity (Wildman–Crippen MR) is 72.5 cm³/mol. The van der Waals surface area contributed by atoms with Gasteiger partial charge in [0, 0.05) is 18.6 Å². The minimum absolute atomic E-state index is 0.0263. The fourth-order valence-corrected chi connectivity index (χ4v) is 3.06. The van der Waals surface area contributed by atoms with Crippen molar-refractivity contribution in [2.24, 2.45) is 0 Å². The van der Waals surface area contributed by atoms with Gasteiger partial charge in [0.05, 0.1) is 0 Å². The van der Waals surface area contributed by atoms with E-state index in [1.165, 1.54) is 0 Å². The first kappa shape index (κ1) is 17.2. The molecule has 0 spiro atoms. The molecule has 118 valence electrons. The first-order chi connectivity index (χ1) is 9.80. The standard InChI is InChI=1S/C12H17NO7S/c14-8-4-2-1-3-7-12(9-15,21(18,19)20)13-10(16)5-6-11(13)17/h5-6,8-9,16-17H,1-4,7H2,(H,18,19,20). The summed E-state index contributed by atoms with van der Waals surface area (Å²) in [5.41, 5.74) is 0. The molecule has 1 heterocycles. The Morgan fingerprint density at radius 3 is 2.10 bits per heavy atom. The van der Waals surface area contributed by atoms with E-state index >= 15 is 0 Å². The van der Waals surface area contributed by atoms with Gasteiger partial charge in [-0.2, -0.15) is 8.42 Å². The number of unbranched alkanes of at least 4 members (excludes halogenated alkanes) is 3. The number of aromatic hydroxyl groups is 2. The summed E-state index contributed by atoms with van der Waals surface area (Å²) in [6.45, 7) is 0. The van der Waals surface area contributed by atoms with Crippen molar-refractivity contribution in [2.75, 3.05) is 0 Å². The monoisotopic (exact) mass is 319 g/mol. The van der Waals surface area contributed by atoms with Crippen molar-refractivity contribution < 1.29 is 32.8 Å². The van der Waals surface area contributed by atoms with Crippen LogP contribution in [0.2, 0.25) is 0 Å².